The zero-order chi connectivity index (χ0) is 19.1. The molecule has 0 aliphatic rings. The highest BCUT2D eigenvalue weighted by Crippen LogP contribution is 2.26. The molecule has 2 heterocycles. The van der Waals surface area contributed by atoms with Gasteiger partial charge in [0.1, 0.15) is 5.75 Å². The molecule has 8 nitrogen and oxygen atoms in total. The second kappa shape index (κ2) is 9.11. The summed E-state index contributed by atoms with van der Waals surface area (Å²) in [4.78, 5) is 29.9. The van der Waals surface area contributed by atoms with E-state index >= 15 is 0 Å². The molecular weight excluding hydrogens is 348 g/mol. The Morgan fingerprint density at radius 1 is 1.11 bits per heavy atom. The van der Waals surface area contributed by atoms with Crippen molar-refractivity contribution in [3.8, 4) is 11.4 Å². The summed E-state index contributed by atoms with van der Waals surface area (Å²) in [6.45, 7) is 2.40. The van der Waals surface area contributed by atoms with Crippen molar-refractivity contribution >= 4 is 10.9 Å². The fourth-order valence-corrected chi connectivity index (χ4v) is 2.62. The van der Waals surface area contributed by atoms with Crippen molar-refractivity contribution < 1.29 is 9.47 Å². The van der Waals surface area contributed by atoms with Crippen LogP contribution in [0, 0.1) is 0 Å². The molecule has 0 bridgehead atoms. The molecule has 0 amide bonds. The maximum Gasteiger partial charge on any atom is 0.332 e. The molecule has 8 heteroatoms. The third kappa shape index (κ3) is 4.81. The molecule has 3 N–H and O–H groups in total. The molecule has 3 aromatic rings. The highest BCUT2D eigenvalue weighted by atomic mass is 16.5. The van der Waals surface area contributed by atoms with E-state index in [1.54, 1.807) is 6.20 Å². The lowest BCUT2D eigenvalue weighted by Gasteiger charge is -2.11. The van der Waals surface area contributed by atoms with E-state index in [9.17, 15) is 9.59 Å². The van der Waals surface area contributed by atoms with Crippen molar-refractivity contribution in [3.63, 3.8) is 0 Å². The Morgan fingerprint density at radius 2 is 1.96 bits per heavy atom. The van der Waals surface area contributed by atoms with E-state index in [2.05, 4.69) is 9.97 Å². The van der Waals surface area contributed by atoms with Crippen LogP contribution in [0.1, 0.15) is 12.8 Å². The molecule has 0 saturated carbocycles. The van der Waals surface area contributed by atoms with Crippen LogP contribution in [0.5, 0.6) is 5.75 Å². The second-order valence-corrected chi connectivity index (χ2v) is 5.95. The number of aromatic nitrogens is 3. The Labute approximate surface area is 155 Å². The Morgan fingerprint density at radius 3 is 2.78 bits per heavy atom. The molecule has 0 aliphatic heterocycles. The molecule has 1 aromatic carbocycles. The van der Waals surface area contributed by atoms with Crippen LogP contribution in [-0.2, 0) is 4.74 Å². The molecule has 3 rings (SSSR count). The number of nitrogens with one attached hydrogen (secondary N) is 1. The summed E-state index contributed by atoms with van der Waals surface area (Å²) < 4.78 is 12.7. The number of benzene rings is 1. The number of ether oxygens (including phenoxy) is 2. The standard InChI is InChI=1S/C19H22N4O4/c20-7-2-9-26-10-3-11-27-17-5-1-4-16-15(17)12-14(13-21-16)23-8-6-18(24)22-19(23)25/h1,4-6,8,12-13H,2-3,7,9-11,20H2,(H,22,24,25). The van der Waals surface area contributed by atoms with E-state index in [-0.39, 0.29) is 0 Å². The molecule has 0 aliphatic carbocycles. The summed E-state index contributed by atoms with van der Waals surface area (Å²) in [6, 6.07) is 8.71. The van der Waals surface area contributed by atoms with Crippen molar-refractivity contribution in [1.82, 2.24) is 14.5 Å². The molecule has 0 saturated heterocycles. The van der Waals surface area contributed by atoms with Crippen molar-refractivity contribution in [2.24, 2.45) is 5.73 Å². The smallest absolute Gasteiger partial charge is 0.332 e. The number of pyridine rings is 1. The second-order valence-electron chi connectivity index (χ2n) is 5.95. The number of nitrogens with zero attached hydrogens (tertiary/aromatic N) is 2. The zero-order valence-corrected chi connectivity index (χ0v) is 14.9. The normalized spacial score (nSPS) is 11.0. The summed E-state index contributed by atoms with van der Waals surface area (Å²) in [6.07, 6.45) is 4.61. The summed E-state index contributed by atoms with van der Waals surface area (Å²) in [5, 5.41) is 0.789. The van der Waals surface area contributed by atoms with Gasteiger partial charge in [-0.1, -0.05) is 6.07 Å². The Hall–Kier alpha value is -2.97. The predicted octanol–water partition coefficient (Wildman–Crippen LogP) is 1.21. The third-order valence-corrected chi connectivity index (χ3v) is 3.96. The molecule has 2 aromatic heterocycles. The van der Waals surface area contributed by atoms with E-state index in [1.165, 1.54) is 16.8 Å². The van der Waals surface area contributed by atoms with Gasteiger partial charge in [-0.2, -0.15) is 0 Å². The number of rotatable bonds is 9. The van der Waals surface area contributed by atoms with E-state index in [0.717, 1.165) is 23.7 Å². The SMILES string of the molecule is NCCCOCCCOc1cccc2ncc(-n3ccc(=O)[nH]c3=O)cc12. The average molecular weight is 370 g/mol. The number of aromatic amines is 1. The first kappa shape index (κ1) is 18.8. The molecule has 0 spiro atoms. The number of hydrogen-bond donors (Lipinski definition) is 2. The van der Waals surface area contributed by atoms with Gasteiger partial charge >= 0.3 is 5.69 Å². The van der Waals surface area contributed by atoms with E-state index < -0.39 is 11.2 Å². The van der Waals surface area contributed by atoms with Crippen LogP contribution < -0.4 is 21.7 Å². The summed E-state index contributed by atoms with van der Waals surface area (Å²) >= 11 is 0. The number of H-pyrrole nitrogens is 1. The van der Waals surface area contributed by atoms with Crippen LogP contribution >= 0.6 is 0 Å². The molecule has 0 unspecified atom stereocenters. The number of fused-ring (bicyclic) bond motifs is 1. The van der Waals surface area contributed by atoms with E-state index in [4.69, 9.17) is 15.2 Å². The number of nitrogens with two attached hydrogens (primary N) is 1. The van der Waals surface area contributed by atoms with Crippen molar-refractivity contribution in [2.45, 2.75) is 12.8 Å². The third-order valence-electron chi connectivity index (χ3n) is 3.96. The van der Waals surface area contributed by atoms with Crippen LogP contribution in [0.4, 0.5) is 0 Å². The lowest BCUT2D eigenvalue weighted by Crippen LogP contribution is -2.27. The summed E-state index contributed by atoms with van der Waals surface area (Å²) in [7, 11) is 0. The maximum absolute atomic E-state index is 12.0. The molecule has 0 atom stereocenters. The number of hydrogen-bond acceptors (Lipinski definition) is 6. The molecule has 0 radical (unpaired) electrons. The van der Waals surface area contributed by atoms with Crippen LogP contribution in [0.25, 0.3) is 16.6 Å². The van der Waals surface area contributed by atoms with Gasteiger partial charge in [0.05, 0.1) is 24.0 Å². The quantitative estimate of drug-likeness (QED) is 0.548. The van der Waals surface area contributed by atoms with Gasteiger partial charge in [-0.25, -0.2) is 4.79 Å². The van der Waals surface area contributed by atoms with Gasteiger partial charge in [0.15, 0.2) is 0 Å². The Kier molecular flexibility index (Phi) is 6.35. The fourth-order valence-electron chi connectivity index (χ4n) is 2.62. The van der Waals surface area contributed by atoms with E-state index in [1.807, 2.05) is 24.3 Å². The van der Waals surface area contributed by atoms with Gasteiger partial charge in [0, 0.05) is 37.3 Å². The van der Waals surface area contributed by atoms with Gasteiger partial charge in [0.2, 0.25) is 0 Å². The monoisotopic (exact) mass is 370 g/mol. The Bertz CT molecular complexity index is 1010. The molecule has 27 heavy (non-hydrogen) atoms. The first-order chi connectivity index (χ1) is 13.2. The van der Waals surface area contributed by atoms with Gasteiger partial charge in [-0.05, 0) is 31.2 Å². The minimum Gasteiger partial charge on any atom is -0.493 e. The Balaban J connectivity index is 1.76. The lowest BCUT2D eigenvalue weighted by atomic mass is 10.2. The predicted molar refractivity (Wildman–Crippen MR) is 103 cm³/mol. The fraction of sp³-hybridized carbons (Fsp3) is 0.316. The zero-order valence-electron chi connectivity index (χ0n) is 14.9. The minimum absolute atomic E-state index is 0.442. The van der Waals surface area contributed by atoms with Gasteiger partial charge in [-0.15, -0.1) is 0 Å². The average Bonchev–Trinajstić information content (AvgIpc) is 2.67. The van der Waals surface area contributed by atoms with Crippen LogP contribution in [0.3, 0.4) is 0 Å². The van der Waals surface area contributed by atoms with Gasteiger partial charge < -0.3 is 15.2 Å². The maximum atomic E-state index is 12.0. The first-order valence-electron chi connectivity index (χ1n) is 8.81. The molecule has 142 valence electrons. The lowest BCUT2D eigenvalue weighted by molar-refractivity contribution is 0.119. The van der Waals surface area contributed by atoms with Gasteiger partial charge in [0.25, 0.3) is 5.56 Å². The topological polar surface area (TPSA) is 112 Å². The summed E-state index contributed by atoms with van der Waals surface area (Å²) in [5.74, 6) is 0.682. The van der Waals surface area contributed by atoms with Crippen LogP contribution in [0.2, 0.25) is 0 Å². The van der Waals surface area contributed by atoms with Crippen molar-refractivity contribution in [2.75, 3.05) is 26.4 Å². The summed E-state index contributed by atoms with van der Waals surface area (Å²) in [5.41, 5.74) is 5.76. The van der Waals surface area contributed by atoms with Crippen LogP contribution in [-0.4, -0.2) is 40.9 Å². The highest BCUT2D eigenvalue weighted by Gasteiger charge is 2.07. The highest BCUT2D eigenvalue weighted by molar-refractivity contribution is 5.86. The first-order valence-corrected chi connectivity index (χ1v) is 8.81. The molecule has 0 fully saturated rings. The van der Waals surface area contributed by atoms with Crippen molar-refractivity contribution in [1.29, 1.82) is 0 Å². The van der Waals surface area contributed by atoms with Gasteiger partial charge in [-0.3, -0.25) is 19.3 Å². The minimum atomic E-state index is -0.517. The van der Waals surface area contributed by atoms with E-state index in [0.29, 0.717) is 37.8 Å². The molecular formula is C19H22N4O4. The largest absolute Gasteiger partial charge is 0.493 e. The van der Waals surface area contributed by atoms with Crippen LogP contribution in [0.15, 0.2) is 52.3 Å². The van der Waals surface area contributed by atoms with Crippen molar-refractivity contribution in [3.05, 3.63) is 63.6 Å².